The van der Waals surface area contributed by atoms with Crippen molar-refractivity contribution in [2.75, 3.05) is 13.7 Å². The molecule has 3 fully saturated rings. The Bertz CT molecular complexity index is 539. The quantitative estimate of drug-likeness (QED) is 0.847. The Morgan fingerprint density at radius 2 is 2.00 bits per heavy atom. The van der Waals surface area contributed by atoms with E-state index in [1.165, 1.54) is 37.7 Å². The third-order valence-electron chi connectivity index (χ3n) is 8.17. The van der Waals surface area contributed by atoms with E-state index in [2.05, 4.69) is 6.92 Å². The molecule has 6 unspecified atom stereocenters. The Labute approximate surface area is 139 Å². The Hall–Kier alpha value is -0.670. The average molecular weight is 318 g/mol. The number of ether oxygens (including phenoxy) is 1. The Morgan fingerprint density at radius 1 is 1.17 bits per heavy atom. The van der Waals surface area contributed by atoms with E-state index in [4.69, 9.17) is 4.74 Å². The topological polar surface area (TPSA) is 46.5 Å². The number of hydrogen-bond acceptors (Lipinski definition) is 3. The van der Waals surface area contributed by atoms with Gasteiger partial charge in [-0.15, -0.1) is 0 Å². The fraction of sp³-hybridized carbons (Fsp3) is 0.850. The summed E-state index contributed by atoms with van der Waals surface area (Å²) in [6.45, 7) is 2.67. The number of carbonyl (C=O) groups excluding carboxylic acids is 1. The first-order valence-corrected chi connectivity index (χ1v) is 9.43. The second kappa shape index (κ2) is 5.42. The molecule has 0 aromatic carbocycles. The first-order chi connectivity index (χ1) is 11.0. The number of carbonyl (C=O) groups is 1. The molecule has 3 saturated carbocycles. The second-order valence-electron chi connectivity index (χ2n) is 8.71. The van der Waals surface area contributed by atoms with Gasteiger partial charge in [-0.3, -0.25) is 4.79 Å². The van der Waals surface area contributed by atoms with Crippen molar-refractivity contribution >= 4 is 5.78 Å². The SMILES string of the molecule is COC1CCC2C3CCC4=CC(=O)CCC4(CO)C3CCC12C. The number of fused-ring (bicyclic) bond motifs is 5. The summed E-state index contributed by atoms with van der Waals surface area (Å²) >= 11 is 0. The van der Waals surface area contributed by atoms with Crippen LogP contribution in [-0.2, 0) is 9.53 Å². The van der Waals surface area contributed by atoms with Gasteiger partial charge in [-0.2, -0.15) is 0 Å². The summed E-state index contributed by atoms with van der Waals surface area (Å²) in [6, 6.07) is 0. The zero-order chi connectivity index (χ0) is 16.2. The molecule has 3 nitrogen and oxygen atoms in total. The molecule has 0 aromatic heterocycles. The van der Waals surface area contributed by atoms with Crippen LogP contribution in [0.15, 0.2) is 11.6 Å². The van der Waals surface area contributed by atoms with Crippen LogP contribution in [0.2, 0.25) is 0 Å². The van der Waals surface area contributed by atoms with Crippen molar-refractivity contribution < 1.29 is 14.6 Å². The fourth-order valence-corrected chi connectivity index (χ4v) is 7.00. The van der Waals surface area contributed by atoms with Crippen molar-refractivity contribution in [3.8, 4) is 0 Å². The van der Waals surface area contributed by atoms with E-state index in [1.54, 1.807) is 0 Å². The lowest BCUT2D eigenvalue weighted by molar-refractivity contribution is -0.121. The maximum Gasteiger partial charge on any atom is 0.155 e. The minimum Gasteiger partial charge on any atom is -0.395 e. The van der Waals surface area contributed by atoms with Crippen molar-refractivity contribution in [1.29, 1.82) is 0 Å². The Morgan fingerprint density at radius 3 is 2.74 bits per heavy atom. The first kappa shape index (κ1) is 15.8. The predicted molar refractivity (Wildman–Crippen MR) is 88.9 cm³/mol. The molecular weight excluding hydrogens is 288 g/mol. The van der Waals surface area contributed by atoms with Crippen molar-refractivity contribution in [1.82, 2.24) is 0 Å². The van der Waals surface area contributed by atoms with Gasteiger partial charge < -0.3 is 9.84 Å². The van der Waals surface area contributed by atoms with Crippen LogP contribution < -0.4 is 0 Å². The highest BCUT2D eigenvalue weighted by molar-refractivity contribution is 5.91. The van der Waals surface area contributed by atoms with Gasteiger partial charge in [0.15, 0.2) is 5.78 Å². The summed E-state index contributed by atoms with van der Waals surface area (Å²) in [5.41, 5.74) is 1.49. The fourth-order valence-electron chi connectivity index (χ4n) is 7.00. The predicted octanol–water partition coefficient (Wildman–Crippen LogP) is 3.51. The molecule has 4 aliphatic carbocycles. The molecule has 0 spiro atoms. The third kappa shape index (κ3) is 2.05. The van der Waals surface area contributed by atoms with Gasteiger partial charge in [-0.25, -0.2) is 0 Å². The number of aliphatic hydroxyl groups is 1. The summed E-state index contributed by atoms with van der Waals surface area (Å²) in [5, 5.41) is 10.3. The van der Waals surface area contributed by atoms with Crippen molar-refractivity contribution in [2.24, 2.45) is 28.6 Å². The van der Waals surface area contributed by atoms with Gasteiger partial charge in [0, 0.05) is 18.9 Å². The molecule has 0 saturated heterocycles. The van der Waals surface area contributed by atoms with Crippen LogP contribution in [0.5, 0.6) is 0 Å². The van der Waals surface area contributed by atoms with Crippen LogP contribution in [0.3, 0.4) is 0 Å². The summed E-state index contributed by atoms with van der Waals surface area (Å²) in [6.07, 6.45) is 10.8. The van der Waals surface area contributed by atoms with Crippen LogP contribution in [0.25, 0.3) is 0 Å². The molecule has 6 atom stereocenters. The lowest BCUT2D eigenvalue weighted by Crippen LogP contribution is -2.53. The molecule has 4 rings (SSSR count). The minimum atomic E-state index is -0.0939. The maximum absolute atomic E-state index is 11.9. The van der Waals surface area contributed by atoms with E-state index in [0.29, 0.717) is 29.8 Å². The molecule has 0 heterocycles. The summed E-state index contributed by atoms with van der Waals surface area (Å²) < 4.78 is 5.83. The van der Waals surface area contributed by atoms with Crippen molar-refractivity contribution in [2.45, 2.75) is 64.4 Å². The van der Waals surface area contributed by atoms with Gasteiger partial charge in [-0.05, 0) is 74.2 Å². The highest BCUT2D eigenvalue weighted by Gasteiger charge is 2.60. The van der Waals surface area contributed by atoms with Gasteiger partial charge in [0.25, 0.3) is 0 Å². The lowest BCUT2D eigenvalue weighted by Gasteiger charge is -2.58. The normalized spacial score (nSPS) is 49.2. The summed E-state index contributed by atoms with van der Waals surface area (Å²) in [7, 11) is 1.87. The number of methoxy groups -OCH3 is 1. The van der Waals surface area contributed by atoms with Crippen molar-refractivity contribution in [3.63, 3.8) is 0 Å². The van der Waals surface area contributed by atoms with Crippen LogP contribution in [0.1, 0.15) is 58.3 Å². The number of hydrogen-bond donors (Lipinski definition) is 1. The zero-order valence-corrected chi connectivity index (χ0v) is 14.5. The zero-order valence-electron chi connectivity index (χ0n) is 14.5. The maximum atomic E-state index is 11.9. The summed E-state index contributed by atoms with van der Waals surface area (Å²) in [5.74, 6) is 2.26. The molecule has 0 radical (unpaired) electrons. The van der Waals surface area contributed by atoms with Gasteiger partial charge in [0.05, 0.1) is 12.7 Å². The minimum absolute atomic E-state index is 0.0939. The second-order valence-corrected chi connectivity index (χ2v) is 8.71. The largest absolute Gasteiger partial charge is 0.395 e. The molecule has 4 aliphatic rings. The molecule has 0 aliphatic heterocycles. The molecule has 1 N–H and O–H groups in total. The van der Waals surface area contributed by atoms with Crippen LogP contribution in [-0.4, -0.2) is 30.7 Å². The van der Waals surface area contributed by atoms with Crippen LogP contribution in [0, 0.1) is 28.6 Å². The molecule has 0 amide bonds. The van der Waals surface area contributed by atoms with E-state index >= 15 is 0 Å². The van der Waals surface area contributed by atoms with Crippen LogP contribution in [0.4, 0.5) is 0 Å². The van der Waals surface area contributed by atoms with Crippen LogP contribution >= 0.6 is 0 Å². The number of aliphatic hydroxyl groups excluding tert-OH is 1. The highest BCUT2D eigenvalue weighted by Crippen LogP contribution is 2.65. The number of rotatable bonds is 2. The standard InChI is InChI=1S/C20H30O3/c1-19-9-8-17-15(16(19)5-6-18(19)23-2)4-3-13-11-14(22)7-10-20(13,17)12-21/h11,15-18,21H,3-10,12H2,1-2H3. The third-order valence-corrected chi connectivity index (χ3v) is 8.17. The number of ketones is 1. The molecule has 23 heavy (non-hydrogen) atoms. The summed E-state index contributed by atoms with van der Waals surface area (Å²) in [4.78, 5) is 11.9. The van der Waals surface area contributed by atoms with Crippen molar-refractivity contribution in [3.05, 3.63) is 11.6 Å². The smallest absolute Gasteiger partial charge is 0.155 e. The molecule has 0 bridgehead atoms. The highest BCUT2D eigenvalue weighted by atomic mass is 16.5. The molecule has 3 heteroatoms. The van der Waals surface area contributed by atoms with Gasteiger partial charge in [0.1, 0.15) is 0 Å². The van der Waals surface area contributed by atoms with E-state index in [1.807, 2.05) is 13.2 Å². The molecule has 128 valence electrons. The van der Waals surface area contributed by atoms with Gasteiger partial charge >= 0.3 is 0 Å². The molecule has 0 aromatic rings. The Kier molecular flexibility index (Phi) is 3.73. The Balaban J connectivity index is 1.69. The van der Waals surface area contributed by atoms with E-state index in [0.717, 1.165) is 18.8 Å². The average Bonchev–Trinajstić information content (AvgIpc) is 2.90. The molecular formula is C20H30O3. The van der Waals surface area contributed by atoms with E-state index < -0.39 is 0 Å². The van der Waals surface area contributed by atoms with E-state index in [9.17, 15) is 9.90 Å². The van der Waals surface area contributed by atoms with Gasteiger partial charge in [0.2, 0.25) is 0 Å². The lowest BCUT2D eigenvalue weighted by atomic mass is 9.47. The van der Waals surface area contributed by atoms with Gasteiger partial charge in [-0.1, -0.05) is 12.5 Å². The van der Waals surface area contributed by atoms with E-state index in [-0.39, 0.29) is 17.8 Å². The monoisotopic (exact) mass is 318 g/mol. The first-order valence-electron chi connectivity index (χ1n) is 9.43.